The predicted molar refractivity (Wildman–Crippen MR) is 68.2 cm³/mol. The minimum absolute atomic E-state index is 0.0923. The Bertz CT molecular complexity index is 429. The zero-order chi connectivity index (χ0) is 13.5. The van der Waals surface area contributed by atoms with Crippen molar-refractivity contribution in [2.45, 2.75) is 12.7 Å². The van der Waals surface area contributed by atoms with Crippen LogP contribution in [-0.4, -0.2) is 43.6 Å². The van der Waals surface area contributed by atoms with E-state index in [4.69, 9.17) is 15.1 Å². The Morgan fingerprint density at radius 2 is 2.22 bits per heavy atom. The van der Waals surface area contributed by atoms with Crippen molar-refractivity contribution in [1.82, 2.24) is 0 Å². The van der Waals surface area contributed by atoms with Crippen LogP contribution in [0.25, 0.3) is 0 Å². The first-order valence-corrected chi connectivity index (χ1v) is 5.64. The molecule has 0 aliphatic rings. The molecule has 0 radical (unpaired) electrons. The molecule has 0 heterocycles. The van der Waals surface area contributed by atoms with Crippen molar-refractivity contribution in [3.8, 4) is 6.07 Å². The number of rotatable bonds is 6. The van der Waals surface area contributed by atoms with Crippen LogP contribution in [0, 0.1) is 11.3 Å². The lowest BCUT2D eigenvalue weighted by Gasteiger charge is -2.23. The number of methoxy groups -OCH3 is 1. The van der Waals surface area contributed by atoms with Gasteiger partial charge in [0.15, 0.2) is 0 Å². The van der Waals surface area contributed by atoms with E-state index in [0.29, 0.717) is 17.7 Å². The van der Waals surface area contributed by atoms with Crippen molar-refractivity contribution in [1.29, 1.82) is 5.26 Å². The molecule has 0 fully saturated rings. The molecule has 0 spiro atoms. The summed E-state index contributed by atoms with van der Waals surface area (Å²) in [5.41, 5.74) is 1.90. The molecule has 0 amide bonds. The molecule has 0 saturated carbocycles. The van der Waals surface area contributed by atoms with Gasteiger partial charge >= 0.3 is 0 Å². The predicted octanol–water partition coefficient (Wildman–Crippen LogP) is 0.494. The standard InChI is InChI=1S/C13H18N2O3/c1-15(7-12(17)9-18-2)13-4-3-10(8-16)5-11(13)6-14/h3-5,12,16-17H,7-9H2,1-2H3. The average molecular weight is 250 g/mol. The fourth-order valence-corrected chi connectivity index (χ4v) is 1.76. The van der Waals surface area contributed by atoms with E-state index >= 15 is 0 Å². The number of benzene rings is 1. The first-order chi connectivity index (χ1) is 8.62. The molecule has 0 aliphatic carbocycles. The minimum Gasteiger partial charge on any atom is -0.392 e. The molecule has 1 aromatic carbocycles. The third-order valence-electron chi connectivity index (χ3n) is 2.62. The van der Waals surface area contributed by atoms with Gasteiger partial charge < -0.3 is 19.8 Å². The Hall–Kier alpha value is -1.61. The van der Waals surface area contributed by atoms with Crippen LogP contribution in [0.15, 0.2) is 18.2 Å². The van der Waals surface area contributed by atoms with Gasteiger partial charge in [-0.05, 0) is 17.7 Å². The second kappa shape index (κ2) is 6.97. The summed E-state index contributed by atoms with van der Waals surface area (Å²) in [6, 6.07) is 7.26. The highest BCUT2D eigenvalue weighted by molar-refractivity contribution is 5.60. The SMILES string of the molecule is COCC(O)CN(C)c1ccc(CO)cc1C#N. The number of hydrogen-bond acceptors (Lipinski definition) is 5. The van der Waals surface area contributed by atoms with E-state index in [1.165, 1.54) is 7.11 Å². The topological polar surface area (TPSA) is 76.7 Å². The van der Waals surface area contributed by atoms with E-state index in [2.05, 4.69) is 6.07 Å². The summed E-state index contributed by atoms with van der Waals surface area (Å²) in [5.74, 6) is 0. The van der Waals surface area contributed by atoms with Crippen LogP contribution in [0.1, 0.15) is 11.1 Å². The molecule has 0 aromatic heterocycles. The van der Waals surface area contributed by atoms with E-state index in [9.17, 15) is 5.11 Å². The largest absolute Gasteiger partial charge is 0.392 e. The fraction of sp³-hybridized carbons (Fsp3) is 0.462. The van der Waals surface area contributed by atoms with Gasteiger partial charge in [-0.15, -0.1) is 0 Å². The number of aliphatic hydroxyl groups is 2. The number of hydrogen-bond donors (Lipinski definition) is 2. The Kier molecular flexibility index (Phi) is 5.59. The highest BCUT2D eigenvalue weighted by Gasteiger charge is 2.12. The second-order valence-corrected chi connectivity index (χ2v) is 4.11. The van der Waals surface area contributed by atoms with Crippen LogP contribution in [0.5, 0.6) is 0 Å². The van der Waals surface area contributed by atoms with E-state index in [1.54, 1.807) is 30.1 Å². The van der Waals surface area contributed by atoms with Crippen LogP contribution in [0.2, 0.25) is 0 Å². The quantitative estimate of drug-likeness (QED) is 0.768. The Morgan fingerprint density at radius 1 is 1.50 bits per heavy atom. The average Bonchev–Trinajstić information content (AvgIpc) is 2.38. The van der Waals surface area contributed by atoms with Crippen molar-refractivity contribution in [2.24, 2.45) is 0 Å². The second-order valence-electron chi connectivity index (χ2n) is 4.11. The molecule has 5 heteroatoms. The van der Waals surface area contributed by atoms with Gasteiger partial charge in [0.05, 0.1) is 30.6 Å². The van der Waals surface area contributed by atoms with E-state index in [0.717, 1.165) is 5.69 Å². The molecule has 1 rings (SSSR count). The molecule has 2 N–H and O–H groups in total. The van der Waals surface area contributed by atoms with Gasteiger partial charge in [0.1, 0.15) is 6.07 Å². The summed E-state index contributed by atoms with van der Waals surface area (Å²) >= 11 is 0. The van der Waals surface area contributed by atoms with Gasteiger partial charge in [-0.1, -0.05) is 6.07 Å². The van der Waals surface area contributed by atoms with Gasteiger partial charge in [-0.25, -0.2) is 0 Å². The van der Waals surface area contributed by atoms with Crippen molar-refractivity contribution in [3.63, 3.8) is 0 Å². The Labute approximate surface area is 107 Å². The van der Waals surface area contributed by atoms with Crippen LogP contribution in [0.3, 0.4) is 0 Å². The lowest BCUT2D eigenvalue weighted by Crippen LogP contribution is -2.32. The normalized spacial score (nSPS) is 11.9. The molecule has 0 aliphatic heterocycles. The molecular formula is C13H18N2O3. The monoisotopic (exact) mass is 250 g/mol. The van der Waals surface area contributed by atoms with Crippen LogP contribution in [-0.2, 0) is 11.3 Å². The number of nitriles is 1. The maximum atomic E-state index is 9.66. The highest BCUT2D eigenvalue weighted by Crippen LogP contribution is 2.20. The minimum atomic E-state index is -0.607. The summed E-state index contributed by atoms with van der Waals surface area (Å²) in [7, 11) is 3.33. The maximum absolute atomic E-state index is 9.66. The lowest BCUT2D eigenvalue weighted by molar-refractivity contribution is 0.0695. The number of ether oxygens (including phenoxy) is 1. The zero-order valence-electron chi connectivity index (χ0n) is 10.6. The van der Waals surface area contributed by atoms with Gasteiger partial charge in [0.2, 0.25) is 0 Å². The summed E-state index contributed by atoms with van der Waals surface area (Å²) < 4.78 is 4.86. The molecule has 1 unspecified atom stereocenters. The molecule has 18 heavy (non-hydrogen) atoms. The Morgan fingerprint density at radius 3 is 2.78 bits per heavy atom. The molecule has 0 bridgehead atoms. The van der Waals surface area contributed by atoms with Gasteiger partial charge in [0.25, 0.3) is 0 Å². The van der Waals surface area contributed by atoms with Crippen LogP contribution < -0.4 is 4.90 Å². The van der Waals surface area contributed by atoms with Crippen molar-refractivity contribution in [3.05, 3.63) is 29.3 Å². The van der Waals surface area contributed by atoms with Gasteiger partial charge in [-0.2, -0.15) is 5.26 Å². The fourth-order valence-electron chi connectivity index (χ4n) is 1.76. The highest BCUT2D eigenvalue weighted by atomic mass is 16.5. The summed E-state index contributed by atoms with van der Waals surface area (Å²) in [6.07, 6.45) is -0.607. The van der Waals surface area contributed by atoms with Crippen molar-refractivity contribution in [2.75, 3.05) is 32.2 Å². The molecule has 1 aromatic rings. The zero-order valence-corrected chi connectivity index (χ0v) is 10.6. The summed E-state index contributed by atoms with van der Waals surface area (Å²) in [5, 5.41) is 27.8. The molecular weight excluding hydrogens is 232 g/mol. The van der Waals surface area contributed by atoms with E-state index in [1.807, 2.05) is 0 Å². The third-order valence-corrected chi connectivity index (χ3v) is 2.62. The lowest BCUT2D eigenvalue weighted by atomic mass is 10.1. The third kappa shape index (κ3) is 3.70. The molecule has 0 saturated heterocycles. The van der Waals surface area contributed by atoms with Crippen molar-refractivity contribution >= 4 is 5.69 Å². The number of nitrogens with zero attached hydrogens (tertiary/aromatic N) is 2. The summed E-state index contributed by atoms with van der Waals surface area (Å²) in [6.45, 7) is 0.535. The first kappa shape index (κ1) is 14.5. The van der Waals surface area contributed by atoms with E-state index in [-0.39, 0.29) is 13.2 Å². The van der Waals surface area contributed by atoms with Gasteiger partial charge in [-0.3, -0.25) is 0 Å². The maximum Gasteiger partial charge on any atom is 0.101 e. The molecule has 98 valence electrons. The Balaban J connectivity index is 2.85. The van der Waals surface area contributed by atoms with Crippen LogP contribution >= 0.6 is 0 Å². The van der Waals surface area contributed by atoms with E-state index < -0.39 is 6.10 Å². The van der Waals surface area contributed by atoms with Crippen molar-refractivity contribution < 1.29 is 14.9 Å². The number of aliphatic hydroxyl groups excluding tert-OH is 2. The number of likely N-dealkylation sites (N-methyl/N-ethyl adjacent to an activating group) is 1. The molecule has 1 atom stereocenters. The smallest absolute Gasteiger partial charge is 0.101 e. The number of anilines is 1. The van der Waals surface area contributed by atoms with Crippen LogP contribution in [0.4, 0.5) is 5.69 Å². The summed E-state index contributed by atoms with van der Waals surface area (Å²) in [4.78, 5) is 1.80. The van der Waals surface area contributed by atoms with Gasteiger partial charge in [0, 0.05) is 20.7 Å². The molecule has 5 nitrogen and oxygen atoms in total. The first-order valence-electron chi connectivity index (χ1n) is 5.64.